The van der Waals surface area contributed by atoms with E-state index in [0.717, 1.165) is 26.2 Å². The Labute approximate surface area is 159 Å². The van der Waals surface area contributed by atoms with E-state index in [0.29, 0.717) is 10.9 Å². The van der Waals surface area contributed by atoms with Crippen molar-refractivity contribution in [3.63, 3.8) is 0 Å². The highest BCUT2D eigenvalue weighted by atomic mass is 32.2. The van der Waals surface area contributed by atoms with E-state index in [9.17, 15) is 4.79 Å². The van der Waals surface area contributed by atoms with Gasteiger partial charge < -0.3 is 10.1 Å². The molecule has 4 rings (SSSR count). The van der Waals surface area contributed by atoms with Crippen LogP contribution < -0.4 is 10.1 Å². The minimum atomic E-state index is -0.0609. The molecule has 26 heavy (non-hydrogen) atoms. The number of carbonyl (C=O) groups is 1. The Hall–Kier alpha value is -2.57. The number of nitrogens with one attached hydrogen (secondary N) is 1. The lowest BCUT2D eigenvalue weighted by Crippen LogP contribution is -2.13. The van der Waals surface area contributed by atoms with Crippen LogP contribution in [-0.2, 0) is 4.79 Å². The van der Waals surface area contributed by atoms with Gasteiger partial charge in [-0.1, -0.05) is 41.7 Å². The van der Waals surface area contributed by atoms with Crippen LogP contribution >= 0.6 is 23.1 Å². The van der Waals surface area contributed by atoms with Gasteiger partial charge >= 0.3 is 0 Å². The first-order valence-corrected chi connectivity index (χ1v) is 9.88. The quantitative estimate of drug-likeness (QED) is 0.484. The van der Waals surface area contributed by atoms with Crippen molar-refractivity contribution < 1.29 is 9.53 Å². The second kappa shape index (κ2) is 7.35. The average molecular weight is 380 g/mol. The van der Waals surface area contributed by atoms with Gasteiger partial charge in [0.15, 0.2) is 5.13 Å². The summed E-state index contributed by atoms with van der Waals surface area (Å²) in [6.07, 6.45) is 0. The van der Waals surface area contributed by atoms with E-state index < -0.39 is 0 Å². The van der Waals surface area contributed by atoms with E-state index in [4.69, 9.17) is 4.74 Å². The number of aromatic nitrogens is 1. The lowest BCUT2D eigenvalue weighted by molar-refractivity contribution is -0.113. The predicted octanol–water partition coefficient (Wildman–Crippen LogP) is 5.19. The molecule has 4 nitrogen and oxygen atoms in total. The maximum absolute atomic E-state index is 12.3. The van der Waals surface area contributed by atoms with E-state index in [1.165, 1.54) is 28.5 Å². The number of carbonyl (C=O) groups excluding carboxylic acids is 1. The van der Waals surface area contributed by atoms with Crippen LogP contribution in [0.1, 0.15) is 0 Å². The van der Waals surface area contributed by atoms with Crippen molar-refractivity contribution in [3.8, 4) is 5.75 Å². The number of ether oxygens (including phenoxy) is 1. The van der Waals surface area contributed by atoms with Gasteiger partial charge in [-0.15, -0.1) is 11.8 Å². The number of hydrogen-bond donors (Lipinski definition) is 1. The van der Waals surface area contributed by atoms with Crippen molar-refractivity contribution in [3.05, 3.63) is 60.7 Å². The molecule has 0 aliphatic heterocycles. The maximum Gasteiger partial charge on any atom is 0.236 e. The Kier molecular flexibility index (Phi) is 4.77. The first-order valence-electron chi connectivity index (χ1n) is 8.08. The van der Waals surface area contributed by atoms with Crippen molar-refractivity contribution in [2.24, 2.45) is 0 Å². The number of anilines is 1. The van der Waals surface area contributed by atoms with E-state index in [1.54, 1.807) is 7.11 Å². The number of benzene rings is 3. The van der Waals surface area contributed by atoms with Crippen LogP contribution in [0, 0.1) is 0 Å². The summed E-state index contributed by atoms with van der Waals surface area (Å²) in [7, 11) is 1.64. The average Bonchev–Trinajstić information content (AvgIpc) is 3.09. The van der Waals surface area contributed by atoms with Gasteiger partial charge in [0.2, 0.25) is 5.91 Å². The lowest BCUT2D eigenvalue weighted by Gasteiger charge is -2.03. The highest BCUT2D eigenvalue weighted by Crippen LogP contribution is 2.32. The summed E-state index contributed by atoms with van der Waals surface area (Å²) in [4.78, 5) is 17.8. The Bertz CT molecular complexity index is 1070. The molecule has 0 aliphatic rings. The zero-order chi connectivity index (χ0) is 17.9. The van der Waals surface area contributed by atoms with Gasteiger partial charge in [0.1, 0.15) is 5.75 Å². The molecule has 0 fully saturated rings. The number of rotatable bonds is 5. The zero-order valence-electron chi connectivity index (χ0n) is 14.1. The highest BCUT2D eigenvalue weighted by molar-refractivity contribution is 8.00. The molecule has 4 aromatic rings. The lowest BCUT2D eigenvalue weighted by atomic mass is 10.1. The van der Waals surface area contributed by atoms with Gasteiger partial charge in [-0.2, -0.15) is 0 Å². The summed E-state index contributed by atoms with van der Waals surface area (Å²) >= 11 is 3.00. The molecule has 0 radical (unpaired) electrons. The summed E-state index contributed by atoms with van der Waals surface area (Å²) in [6.45, 7) is 0. The number of thiazole rings is 1. The van der Waals surface area contributed by atoms with Gasteiger partial charge in [-0.05, 0) is 35.7 Å². The highest BCUT2D eigenvalue weighted by Gasteiger charge is 2.10. The number of nitrogens with zero attached hydrogens (tertiary/aromatic N) is 1. The van der Waals surface area contributed by atoms with Gasteiger partial charge in [0.25, 0.3) is 0 Å². The molecule has 3 aromatic carbocycles. The number of thioether (sulfide) groups is 1. The van der Waals surface area contributed by atoms with Crippen LogP contribution in [0.25, 0.3) is 21.0 Å². The van der Waals surface area contributed by atoms with Crippen LogP contribution in [0.3, 0.4) is 0 Å². The fourth-order valence-corrected chi connectivity index (χ4v) is 4.40. The first kappa shape index (κ1) is 16.9. The van der Waals surface area contributed by atoms with Gasteiger partial charge in [-0.3, -0.25) is 4.79 Å². The number of hydrogen-bond acceptors (Lipinski definition) is 5. The largest absolute Gasteiger partial charge is 0.497 e. The van der Waals surface area contributed by atoms with Gasteiger partial charge in [0.05, 0.1) is 23.1 Å². The fraction of sp³-hybridized carbons (Fsp3) is 0.100. The minimum Gasteiger partial charge on any atom is -0.497 e. The Morgan fingerprint density at radius 3 is 2.73 bits per heavy atom. The third-order valence-corrected chi connectivity index (χ3v) is 5.99. The standard InChI is InChI=1S/C20H16N2O2S2/c1-24-14-7-9-15(10-8-14)25-12-18(23)22-20-21-17-11-6-13-4-2-3-5-16(13)19(17)26-20/h2-11H,12H2,1H3,(H,21,22,23). The van der Waals surface area contributed by atoms with E-state index in [2.05, 4.69) is 28.5 Å². The molecule has 0 saturated carbocycles. The molecular formula is C20H16N2O2S2. The summed E-state index contributed by atoms with van der Waals surface area (Å²) in [5.74, 6) is 1.08. The van der Waals surface area contributed by atoms with Crippen LogP contribution in [0.2, 0.25) is 0 Å². The Balaban J connectivity index is 1.46. The number of methoxy groups -OCH3 is 1. The Morgan fingerprint density at radius 2 is 1.92 bits per heavy atom. The van der Waals surface area contributed by atoms with Crippen molar-refractivity contribution in [1.82, 2.24) is 4.98 Å². The molecular weight excluding hydrogens is 364 g/mol. The summed E-state index contributed by atoms with van der Waals surface area (Å²) < 4.78 is 6.24. The zero-order valence-corrected chi connectivity index (χ0v) is 15.7. The van der Waals surface area contributed by atoms with Gasteiger partial charge in [-0.25, -0.2) is 4.98 Å². The smallest absolute Gasteiger partial charge is 0.236 e. The van der Waals surface area contributed by atoms with Crippen molar-refractivity contribution >= 4 is 55.1 Å². The van der Waals surface area contributed by atoms with Crippen molar-refractivity contribution in [2.45, 2.75) is 4.90 Å². The normalized spacial score (nSPS) is 11.0. The van der Waals surface area contributed by atoms with E-state index in [1.807, 2.05) is 42.5 Å². The minimum absolute atomic E-state index is 0.0609. The molecule has 0 bridgehead atoms. The molecule has 1 aromatic heterocycles. The second-order valence-corrected chi connectivity index (χ2v) is 7.71. The van der Waals surface area contributed by atoms with Crippen LogP contribution in [0.15, 0.2) is 65.6 Å². The van der Waals surface area contributed by atoms with E-state index in [-0.39, 0.29) is 5.91 Å². The summed E-state index contributed by atoms with van der Waals surface area (Å²) in [6, 6.07) is 19.9. The van der Waals surface area contributed by atoms with Crippen molar-refractivity contribution in [1.29, 1.82) is 0 Å². The summed E-state index contributed by atoms with van der Waals surface area (Å²) in [5, 5.41) is 5.89. The SMILES string of the molecule is COc1ccc(SCC(=O)Nc2nc3ccc4ccccc4c3s2)cc1. The van der Waals surface area contributed by atoms with Crippen LogP contribution in [0.5, 0.6) is 5.75 Å². The molecule has 0 unspecified atom stereocenters. The molecule has 0 saturated heterocycles. The fourth-order valence-electron chi connectivity index (χ4n) is 2.69. The van der Waals surface area contributed by atoms with Crippen LogP contribution in [0.4, 0.5) is 5.13 Å². The van der Waals surface area contributed by atoms with Crippen LogP contribution in [-0.4, -0.2) is 23.8 Å². The third-order valence-electron chi connectivity index (χ3n) is 3.96. The molecule has 0 atom stereocenters. The molecule has 1 heterocycles. The van der Waals surface area contributed by atoms with Crippen molar-refractivity contribution in [2.75, 3.05) is 18.2 Å². The van der Waals surface area contributed by atoms with E-state index >= 15 is 0 Å². The number of amides is 1. The third kappa shape index (κ3) is 3.52. The topological polar surface area (TPSA) is 51.2 Å². The monoisotopic (exact) mass is 380 g/mol. The summed E-state index contributed by atoms with van der Waals surface area (Å²) in [5.41, 5.74) is 0.909. The molecule has 6 heteroatoms. The molecule has 1 N–H and O–H groups in total. The molecule has 0 aliphatic carbocycles. The predicted molar refractivity (Wildman–Crippen MR) is 109 cm³/mol. The molecule has 130 valence electrons. The Morgan fingerprint density at radius 1 is 1.12 bits per heavy atom. The molecule has 0 spiro atoms. The second-order valence-electron chi connectivity index (χ2n) is 5.67. The maximum atomic E-state index is 12.3. The molecule has 1 amide bonds. The number of fused-ring (bicyclic) bond motifs is 3. The first-order chi connectivity index (χ1) is 12.7. The van der Waals surface area contributed by atoms with Gasteiger partial charge in [0, 0.05) is 10.3 Å².